The zero-order valence-electron chi connectivity index (χ0n) is 20.1. The van der Waals surface area contributed by atoms with E-state index in [9.17, 15) is 38.7 Å². The van der Waals surface area contributed by atoms with Crippen molar-refractivity contribution in [1.29, 1.82) is 0 Å². The number of carbonyl (C=O) groups excluding carboxylic acids is 5. The Bertz CT molecular complexity index is 801. The highest BCUT2D eigenvalue weighted by Gasteiger charge is 2.33. The molecule has 0 radical (unpaired) electrons. The number of hydrogen-bond donors (Lipinski definition) is 7. The van der Waals surface area contributed by atoms with Crippen molar-refractivity contribution in [1.82, 2.24) is 21.3 Å². The largest absolute Gasteiger partial charge is 0.481 e. The summed E-state index contributed by atoms with van der Waals surface area (Å²) < 4.78 is 0. The van der Waals surface area contributed by atoms with Crippen LogP contribution < -0.4 is 21.3 Å². The van der Waals surface area contributed by atoms with Crippen LogP contribution in [-0.4, -0.2) is 87.4 Å². The standard InChI is InChI=1S/C21H34N4O10/c1-5-10(2)17(22-12(4)28)20(34)24-14(6-7-15(29)30)19(33)25-18(11(3)27)21(35)23-13(9-26)8-16(31)32/h9-11,13-14,17-18,27H,5-8H2,1-4H3,(H,22,28)(H,23,35)(H,24,34)(H,25,33)(H,29,30)(H,31,32). The summed E-state index contributed by atoms with van der Waals surface area (Å²) in [6.07, 6.45) is -2.44. The summed E-state index contributed by atoms with van der Waals surface area (Å²) in [6, 6.07) is -5.54. The molecule has 0 saturated heterocycles. The zero-order valence-corrected chi connectivity index (χ0v) is 20.1. The SMILES string of the molecule is CCC(C)C(NC(C)=O)C(=O)NC(CCC(=O)O)C(=O)NC(C(=O)NC(C=O)CC(=O)O)C(C)O. The first-order valence-corrected chi connectivity index (χ1v) is 11.0. The van der Waals surface area contributed by atoms with Crippen LogP contribution >= 0.6 is 0 Å². The van der Waals surface area contributed by atoms with E-state index in [0.717, 1.165) is 6.92 Å². The highest BCUT2D eigenvalue weighted by Crippen LogP contribution is 2.10. The lowest BCUT2D eigenvalue weighted by Crippen LogP contribution is -2.60. The van der Waals surface area contributed by atoms with Crippen LogP contribution in [0.3, 0.4) is 0 Å². The van der Waals surface area contributed by atoms with Gasteiger partial charge in [-0.2, -0.15) is 0 Å². The fourth-order valence-electron chi connectivity index (χ4n) is 2.97. The molecule has 0 aromatic rings. The quantitative estimate of drug-likeness (QED) is 0.114. The van der Waals surface area contributed by atoms with Gasteiger partial charge in [0.25, 0.3) is 0 Å². The third-order valence-corrected chi connectivity index (χ3v) is 5.08. The van der Waals surface area contributed by atoms with Gasteiger partial charge >= 0.3 is 11.9 Å². The second kappa shape index (κ2) is 15.4. The van der Waals surface area contributed by atoms with Crippen LogP contribution in [0.25, 0.3) is 0 Å². The van der Waals surface area contributed by atoms with Gasteiger partial charge in [-0.25, -0.2) is 0 Å². The zero-order chi connectivity index (χ0) is 27.3. The second-order valence-electron chi connectivity index (χ2n) is 8.13. The molecule has 0 saturated carbocycles. The molecule has 6 unspecified atom stereocenters. The summed E-state index contributed by atoms with van der Waals surface area (Å²) in [4.78, 5) is 82.5. The molecule has 14 nitrogen and oxygen atoms in total. The van der Waals surface area contributed by atoms with Crippen LogP contribution in [0.1, 0.15) is 53.4 Å². The molecule has 0 aromatic heterocycles. The van der Waals surface area contributed by atoms with Crippen LogP contribution in [0.4, 0.5) is 0 Å². The third kappa shape index (κ3) is 11.9. The van der Waals surface area contributed by atoms with Gasteiger partial charge in [0.05, 0.1) is 18.6 Å². The monoisotopic (exact) mass is 502 g/mol. The van der Waals surface area contributed by atoms with Crippen LogP contribution in [0.15, 0.2) is 0 Å². The Morgan fingerprint density at radius 1 is 0.829 bits per heavy atom. The van der Waals surface area contributed by atoms with E-state index < -0.39 is 78.7 Å². The van der Waals surface area contributed by atoms with E-state index in [1.165, 1.54) is 6.92 Å². The number of carboxylic acid groups (broad SMARTS) is 2. The molecule has 0 spiro atoms. The van der Waals surface area contributed by atoms with Crippen molar-refractivity contribution < 1.29 is 48.9 Å². The van der Waals surface area contributed by atoms with Crippen molar-refractivity contribution in [2.45, 2.75) is 83.6 Å². The number of rotatable bonds is 16. The molecule has 198 valence electrons. The number of aliphatic hydroxyl groups excluding tert-OH is 1. The van der Waals surface area contributed by atoms with E-state index in [0.29, 0.717) is 6.42 Å². The maximum absolute atomic E-state index is 12.9. The second-order valence-corrected chi connectivity index (χ2v) is 8.13. The molecule has 0 aliphatic heterocycles. The third-order valence-electron chi connectivity index (χ3n) is 5.08. The predicted molar refractivity (Wildman–Crippen MR) is 120 cm³/mol. The van der Waals surface area contributed by atoms with Gasteiger partial charge in [-0.3, -0.25) is 28.8 Å². The molecular formula is C21H34N4O10. The first-order chi connectivity index (χ1) is 16.2. The van der Waals surface area contributed by atoms with E-state index in [4.69, 9.17) is 10.2 Å². The van der Waals surface area contributed by atoms with Gasteiger partial charge in [-0.1, -0.05) is 20.3 Å². The normalized spacial score (nSPS) is 15.8. The minimum absolute atomic E-state index is 0.180. The van der Waals surface area contributed by atoms with Gasteiger partial charge in [0.2, 0.25) is 23.6 Å². The number of amides is 4. The summed E-state index contributed by atoms with van der Waals surface area (Å²) in [6.45, 7) is 5.84. The van der Waals surface area contributed by atoms with E-state index >= 15 is 0 Å². The van der Waals surface area contributed by atoms with Crippen molar-refractivity contribution >= 4 is 41.9 Å². The Morgan fingerprint density at radius 3 is 1.83 bits per heavy atom. The maximum Gasteiger partial charge on any atom is 0.305 e. The Labute approximate surface area is 202 Å². The molecule has 0 aliphatic rings. The molecule has 35 heavy (non-hydrogen) atoms. The van der Waals surface area contributed by atoms with E-state index in [2.05, 4.69) is 21.3 Å². The number of nitrogens with one attached hydrogen (secondary N) is 4. The molecule has 0 aliphatic carbocycles. The molecule has 0 fully saturated rings. The van der Waals surface area contributed by atoms with Crippen LogP contribution in [-0.2, 0) is 33.6 Å². The first kappa shape index (κ1) is 31.4. The van der Waals surface area contributed by atoms with E-state index in [1.807, 2.05) is 0 Å². The molecule has 0 aromatic carbocycles. The molecule has 0 rings (SSSR count). The van der Waals surface area contributed by atoms with Crippen molar-refractivity contribution in [2.24, 2.45) is 5.92 Å². The van der Waals surface area contributed by atoms with Gasteiger partial charge in [-0.15, -0.1) is 0 Å². The fraction of sp³-hybridized carbons (Fsp3) is 0.667. The molecule has 4 amide bonds. The van der Waals surface area contributed by atoms with Crippen LogP contribution in [0.5, 0.6) is 0 Å². The first-order valence-electron chi connectivity index (χ1n) is 11.0. The fourth-order valence-corrected chi connectivity index (χ4v) is 2.97. The van der Waals surface area contributed by atoms with Gasteiger partial charge in [0.1, 0.15) is 24.4 Å². The van der Waals surface area contributed by atoms with Crippen LogP contribution in [0, 0.1) is 5.92 Å². The molecule has 0 heterocycles. The summed E-state index contributed by atoms with van der Waals surface area (Å²) >= 11 is 0. The minimum Gasteiger partial charge on any atom is -0.481 e. The van der Waals surface area contributed by atoms with Crippen molar-refractivity contribution in [3.63, 3.8) is 0 Å². The number of aldehydes is 1. The highest BCUT2D eigenvalue weighted by molar-refractivity contribution is 5.95. The number of carboxylic acids is 2. The van der Waals surface area contributed by atoms with Gasteiger partial charge in [0, 0.05) is 13.3 Å². The van der Waals surface area contributed by atoms with Gasteiger partial charge < -0.3 is 41.4 Å². The topological polar surface area (TPSA) is 228 Å². The van der Waals surface area contributed by atoms with Crippen molar-refractivity contribution in [3.05, 3.63) is 0 Å². The smallest absolute Gasteiger partial charge is 0.305 e. The number of aliphatic carboxylic acids is 2. The number of hydrogen-bond acceptors (Lipinski definition) is 8. The molecular weight excluding hydrogens is 468 g/mol. The number of aliphatic hydroxyl groups is 1. The summed E-state index contributed by atoms with van der Waals surface area (Å²) in [7, 11) is 0. The predicted octanol–water partition coefficient (Wildman–Crippen LogP) is -2.09. The average molecular weight is 503 g/mol. The summed E-state index contributed by atoms with van der Waals surface area (Å²) in [5.74, 6) is -6.27. The van der Waals surface area contributed by atoms with E-state index in [-0.39, 0.29) is 18.6 Å². The van der Waals surface area contributed by atoms with Crippen molar-refractivity contribution in [3.8, 4) is 0 Å². The molecule has 14 heteroatoms. The van der Waals surface area contributed by atoms with Crippen LogP contribution in [0.2, 0.25) is 0 Å². The Morgan fingerprint density at radius 2 is 1.40 bits per heavy atom. The lowest BCUT2D eigenvalue weighted by atomic mass is 9.97. The lowest BCUT2D eigenvalue weighted by molar-refractivity contribution is -0.140. The Balaban J connectivity index is 5.69. The van der Waals surface area contributed by atoms with E-state index in [1.54, 1.807) is 13.8 Å². The lowest BCUT2D eigenvalue weighted by Gasteiger charge is -2.28. The summed E-state index contributed by atoms with van der Waals surface area (Å²) in [5.41, 5.74) is 0. The summed E-state index contributed by atoms with van der Waals surface area (Å²) in [5, 5.41) is 36.9. The Hall–Kier alpha value is -3.55. The van der Waals surface area contributed by atoms with Crippen molar-refractivity contribution in [2.75, 3.05) is 0 Å². The number of carbonyl (C=O) groups is 7. The molecule has 6 atom stereocenters. The van der Waals surface area contributed by atoms with Gasteiger partial charge in [0.15, 0.2) is 0 Å². The highest BCUT2D eigenvalue weighted by atomic mass is 16.4. The average Bonchev–Trinajstić information content (AvgIpc) is 2.76. The molecule has 0 bridgehead atoms. The minimum atomic E-state index is -1.65. The maximum atomic E-state index is 12.9. The van der Waals surface area contributed by atoms with Gasteiger partial charge in [-0.05, 0) is 19.3 Å². The molecule has 7 N–H and O–H groups in total. The Kier molecular flexibility index (Phi) is 13.8.